The van der Waals surface area contributed by atoms with E-state index < -0.39 is 4.92 Å². The lowest BCUT2D eigenvalue weighted by Gasteiger charge is -2.38. The normalized spacial score (nSPS) is 19.7. The smallest absolute Gasteiger partial charge is 0.305 e. The van der Waals surface area contributed by atoms with E-state index in [0.29, 0.717) is 25.5 Å². The summed E-state index contributed by atoms with van der Waals surface area (Å²) in [6, 6.07) is -0.305. The summed E-state index contributed by atoms with van der Waals surface area (Å²) in [5.74, 6) is 0.384. The lowest BCUT2D eigenvalue weighted by Crippen LogP contribution is -2.56. The number of hydrogen-bond acceptors (Lipinski definition) is 6. The summed E-state index contributed by atoms with van der Waals surface area (Å²) in [5, 5.41) is 10.6. The molecule has 2 rings (SSSR count). The van der Waals surface area contributed by atoms with Crippen molar-refractivity contribution < 1.29 is 9.72 Å². The number of amides is 1. The van der Waals surface area contributed by atoms with Crippen LogP contribution in [-0.2, 0) is 4.79 Å². The highest BCUT2D eigenvalue weighted by molar-refractivity contribution is 5.85. The predicted molar refractivity (Wildman–Crippen MR) is 67.7 cm³/mol. The molecule has 0 radical (unpaired) electrons. The number of nitro groups is 1. The van der Waals surface area contributed by atoms with Gasteiger partial charge in [-0.05, 0) is 6.42 Å². The van der Waals surface area contributed by atoms with Gasteiger partial charge in [0.15, 0.2) is 0 Å². The monoisotopic (exact) mass is 265 g/mol. The number of likely N-dealkylation sites (N-methyl/N-ethyl adjacent to an activating group) is 1. The zero-order chi connectivity index (χ0) is 14.0. The van der Waals surface area contributed by atoms with Gasteiger partial charge in [-0.3, -0.25) is 14.9 Å². The number of anilines is 1. The second-order valence-electron chi connectivity index (χ2n) is 4.38. The third-order valence-corrected chi connectivity index (χ3v) is 3.19. The van der Waals surface area contributed by atoms with Crippen LogP contribution in [0.3, 0.4) is 0 Å². The molecule has 1 aliphatic heterocycles. The average Bonchev–Trinajstić information content (AvgIpc) is 2.41. The quantitative estimate of drug-likeness (QED) is 0.581. The maximum Gasteiger partial charge on any atom is 0.305 e. The zero-order valence-electron chi connectivity index (χ0n) is 10.8. The van der Waals surface area contributed by atoms with Crippen LogP contribution >= 0.6 is 0 Å². The van der Waals surface area contributed by atoms with Crippen LogP contribution in [0.25, 0.3) is 0 Å². The second-order valence-corrected chi connectivity index (χ2v) is 4.38. The highest BCUT2D eigenvalue weighted by Gasteiger charge is 2.33. The Morgan fingerprint density at radius 2 is 2.05 bits per heavy atom. The van der Waals surface area contributed by atoms with Crippen molar-refractivity contribution in [2.24, 2.45) is 0 Å². The number of piperazine rings is 1. The number of nitrogens with zero attached hydrogens (tertiary/aromatic N) is 5. The Balaban J connectivity index is 2.24. The molecule has 0 N–H and O–H groups in total. The van der Waals surface area contributed by atoms with E-state index in [1.807, 2.05) is 6.92 Å². The highest BCUT2D eigenvalue weighted by Crippen LogP contribution is 2.20. The highest BCUT2D eigenvalue weighted by atomic mass is 16.6. The van der Waals surface area contributed by atoms with Crippen LogP contribution in [0.5, 0.6) is 0 Å². The van der Waals surface area contributed by atoms with Crippen molar-refractivity contribution in [1.29, 1.82) is 0 Å². The molecule has 8 heteroatoms. The fraction of sp³-hybridized carbons (Fsp3) is 0.545. The summed E-state index contributed by atoms with van der Waals surface area (Å²) < 4.78 is 0. The molecule has 102 valence electrons. The molecule has 1 aromatic rings. The van der Waals surface area contributed by atoms with Crippen LogP contribution in [-0.4, -0.2) is 51.9 Å². The first kappa shape index (κ1) is 13.2. The van der Waals surface area contributed by atoms with Crippen LogP contribution < -0.4 is 4.90 Å². The molecule has 1 aliphatic rings. The molecule has 19 heavy (non-hydrogen) atoms. The summed E-state index contributed by atoms with van der Waals surface area (Å²) in [4.78, 5) is 33.5. The standard InChI is InChI=1S/C11H15N5O3/c1-3-9-10(17)14(2)4-5-15(9)11-12-6-8(7-13-11)16(18)19/h6-7,9H,3-5H2,1-2H3. The van der Waals surface area contributed by atoms with E-state index in [9.17, 15) is 14.9 Å². The topological polar surface area (TPSA) is 92.5 Å². The Morgan fingerprint density at radius 1 is 1.42 bits per heavy atom. The number of carbonyl (C=O) groups is 1. The van der Waals surface area contributed by atoms with Gasteiger partial charge in [0.05, 0.1) is 4.92 Å². The van der Waals surface area contributed by atoms with E-state index in [4.69, 9.17) is 0 Å². The molecule has 0 aromatic carbocycles. The van der Waals surface area contributed by atoms with E-state index in [0.717, 1.165) is 12.4 Å². The van der Waals surface area contributed by atoms with Crippen LogP contribution in [0.4, 0.5) is 11.6 Å². The molecule has 8 nitrogen and oxygen atoms in total. The molecule has 1 saturated heterocycles. The van der Waals surface area contributed by atoms with Crippen molar-refractivity contribution >= 4 is 17.5 Å². The van der Waals surface area contributed by atoms with Crippen LogP contribution in [0.1, 0.15) is 13.3 Å². The summed E-state index contributed by atoms with van der Waals surface area (Å²) in [6.07, 6.45) is 2.97. The predicted octanol–water partition coefficient (Wildman–Crippen LogP) is 0.442. The zero-order valence-corrected chi connectivity index (χ0v) is 10.8. The fourth-order valence-electron chi connectivity index (χ4n) is 2.10. The van der Waals surface area contributed by atoms with E-state index >= 15 is 0 Å². The third-order valence-electron chi connectivity index (χ3n) is 3.19. The molecule has 1 atom stereocenters. The Labute approximate surface area is 110 Å². The van der Waals surface area contributed by atoms with Crippen molar-refractivity contribution in [3.8, 4) is 0 Å². The Bertz CT molecular complexity index is 490. The number of hydrogen-bond donors (Lipinski definition) is 0. The molecule has 1 aromatic heterocycles. The molecular formula is C11H15N5O3. The van der Waals surface area contributed by atoms with Gasteiger partial charge in [0.1, 0.15) is 18.4 Å². The lowest BCUT2D eigenvalue weighted by molar-refractivity contribution is -0.385. The Hall–Kier alpha value is -2.25. The summed E-state index contributed by atoms with van der Waals surface area (Å²) in [6.45, 7) is 3.13. The minimum Gasteiger partial charge on any atom is -0.342 e. The summed E-state index contributed by atoms with van der Waals surface area (Å²) in [7, 11) is 1.76. The van der Waals surface area contributed by atoms with Gasteiger partial charge in [-0.1, -0.05) is 6.92 Å². The van der Waals surface area contributed by atoms with Gasteiger partial charge in [0.25, 0.3) is 0 Å². The first-order chi connectivity index (χ1) is 9.04. The minimum atomic E-state index is -0.545. The summed E-state index contributed by atoms with van der Waals surface area (Å²) in [5.41, 5.74) is -0.155. The van der Waals surface area contributed by atoms with Crippen molar-refractivity contribution in [1.82, 2.24) is 14.9 Å². The van der Waals surface area contributed by atoms with Gasteiger partial charge >= 0.3 is 5.69 Å². The molecule has 0 saturated carbocycles. The van der Waals surface area contributed by atoms with E-state index in [2.05, 4.69) is 9.97 Å². The second kappa shape index (κ2) is 5.17. The fourth-order valence-corrected chi connectivity index (χ4v) is 2.10. The first-order valence-electron chi connectivity index (χ1n) is 6.02. The van der Waals surface area contributed by atoms with Crippen LogP contribution in [0, 0.1) is 10.1 Å². The van der Waals surface area contributed by atoms with Crippen molar-refractivity contribution in [3.05, 3.63) is 22.5 Å². The number of rotatable bonds is 3. The van der Waals surface area contributed by atoms with E-state index in [1.54, 1.807) is 16.8 Å². The van der Waals surface area contributed by atoms with Gasteiger partial charge in [-0.2, -0.15) is 0 Å². The third kappa shape index (κ3) is 2.47. The van der Waals surface area contributed by atoms with Gasteiger partial charge in [0.2, 0.25) is 11.9 Å². The van der Waals surface area contributed by atoms with Gasteiger partial charge < -0.3 is 9.80 Å². The Morgan fingerprint density at radius 3 is 2.58 bits per heavy atom. The maximum absolute atomic E-state index is 12.0. The Kier molecular flexibility index (Phi) is 3.59. The molecule has 0 bridgehead atoms. The van der Waals surface area contributed by atoms with E-state index in [-0.39, 0.29) is 17.6 Å². The molecule has 1 amide bonds. The van der Waals surface area contributed by atoms with Crippen molar-refractivity contribution in [2.45, 2.75) is 19.4 Å². The number of carbonyl (C=O) groups excluding carboxylic acids is 1. The molecule has 0 spiro atoms. The van der Waals surface area contributed by atoms with Crippen molar-refractivity contribution in [2.75, 3.05) is 25.0 Å². The minimum absolute atomic E-state index is 0.0238. The summed E-state index contributed by atoms with van der Waals surface area (Å²) >= 11 is 0. The molecule has 1 unspecified atom stereocenters. The van der Waals surface area contributed by atoms with Gasteiger partial charge in [0, 0.05) is 20.1 Å². The van der Waals surface area contributed by atoms with Gasteiger partial charge in [-0.25, -0.2) is 9.97 Å². The maximum atomic E-state index is 12.0. The van der Waals surface area contributed by atoms with Crippen LogP contribution in [0.15, 0.2) is 12.4 Å². The first-order valence-corrected chi connectivity index (χ1v) is 6.02. The van der Waals surface area contributed by atoms with E-state index in [1.165, 1.54) is 0 Å². The molecule has 1 fully saturated rings. The van der Waals surface area contributed by atoms with Crippen LogP contribution in [0.2, 0.25) is 0 Å². The average molecular weight is 265 g/mol. The SMILES string of the molecule is CCC1C(=O)N(C)CCN1c1ncc([N+](=O)[O-])cn1. The molecular weight excluding hydrogens is 250 g/mol. The number of aromatic nitrogens is 2. The van der Waals surface area contributed by atoms with Crippen molar-refractivity contribution in [3.63, 3.8) is 0 Å². The molecule has 2 heterocycles. The molecule has 0 aliphatic carbocycles. The lowest BCUT2D eigenvalue weighted by atomic mass is 10.1. The van der Waals surface area contributed by atoms with Gasteiger partial charge in [-0.15, -0.1) is 0 Å². The largest absolute Gasteiger partial charge is 0.342 e.